The Morgan fingerprint density at radius 2 is 1.52 bits per heavy atom. The van der Waals surface area contributed by atoms with E-state index in [1.54, 1.807) is 5.57 Å². The Bertz CT molecular complexity index is 704. The highest BCUT2D eigenvalue weighted by molar-refractivity contribution is 5.27. The summed E-state index contributed by atoms with van der Waals surface area (Å²) in [4.78, 5) is 0. The summed E-state index contributed by atoms with van der Waals surface area (Å²) in [6.45, 7) is 10.4. The number of hydrogen-bond donors (Lipinski definition) is 0. The van der Waals surface area contributed by atoms with Gasteiger partial charge in [0.05, 0.1) is 26.4 Å². The van der Waals surface area contributed by atoms with Crippen molar-refractivity contribution in [2.75, 3.05) is 26.4 Å². The predicted molar refractivity (Wildman–Crippen MR) is 110 cm³/mol. The molecule has 1 spiro atoms. The summed E-state index contributed by atoms with van der Waals surface area (Å²) in [6.07, 6.45) is 12.4. The second-order valence-electron chi connectivity index (χ2n) is 11.4. The molecule has 0 bridgehead atoms. The highest BCUT2D eigenvalue weighted by atomic mass is 16.7. The van der Waals surface area contributed by atoms with Crippen LogP contribution in [-0.2, 0) is 18.9 Å². The molecule has 2 saturated heterocycles. The maximum absolute atomic E-state index is 6.17. The van der Waals surface area contributed by atoms with E-state index in [1.807, 2.05) is 0 Å². The molecule has 0 radical (unpaired) electrons. The van der Waals surface area contributed by atoms with Gasteiger partial charge in [-0.2, -0.15) is 0 Å². The fraction of sp³-hybridized carbons (Fsp3) is 0.920. The van der Waals surface area contributed by atoms with E-state index in [9.17, 15) is 0 Å². The first-order valence-corrected chi connectivity index (χ1v) is 12.1. The normalized spacial score (nSPS) is 50.1. The summed E-state index contributed by atoms with van der Waals surface area (Å²) in [5, 5.41) is 0. The molecular weight excluding hydrogens is 364 g/mol. The summed E-state index contributed by atoms with van der Waals surface area (Å²) in [5.41, 5.74) is 2.34. The van der Waals surface area contributed by atoms with Crippen LogP contribution in [-0.4, -0.2) is 38.0 Å². The Labute approximate surface area is 175 Å². The lowest BCUT2D eigenvalue weighted by molar-refractivity contribution is -0.216. The first kappa shape index (κ1) is 19.3. The van der Waals surface area contributed by atoms with E-state index >= 15 is 0 Å². The van der Waals surface area contributed by atoms with Gasteiger partial charge >= 0.3 is 0 Å². The minimum Gasteiger partial charge on any atom is -0.348 e. The zero-order valence-corrected chi connectivity index (χ0v) is 18.5. The van der Waals surface area contributed by atoms with Crippen molar-refractivity contribution in [3.63, 3.8) is 0 Å². The van der Waals surface area contributed by atoms with Gasteiger partial charge in [-0.15, -0.1) is 0 Å². The van der Waals surface area contributed by atoms with Crippen LogP contribution in [0.25, 0.3) is 0 Å². The van der Waals surface area contributed by atoms with Gasteiger partial charge in [0.15, 0.2) is 11.6 Å². The average molecular weight is 403 g/mol. The lowest BCUT2D eigenvalue weighted by atomic mass is 9.47. The molecule has 6 aliphatic rings. The number of rotatable bonds is 1. The first-order chi connectivity index (χ1) is 13.9. The lowest BCUT2D eigenvalue weighted by Gasteiger charge is -2.59. The summed E-state index contributed by atoms with van der Waals surface area (Å²) in [5.74, 6) is 2.32. The molecule has 4 heteroatoms. The van der Waals surface area contributed by atoms with Gasteiger partial charge in [0, 0.05) is 18.8 Å². The summed E-state index contributed by atoms with van der Waals surface area (Å²) >= 11 is 0. The van der Waals surface area contributed by atoms with Crippen LogP contribution in [0.15, 0.2) is 11.6 Å². The van der Waals surface area contributed by atoms with Crippen LogP contribution in [0.1, 0.15) is 72.1 Å². The van der Waals surface area contributed by atoms with Crippen LogP contribution in [0, 0.1) is 34.5 Å². The highest BCUT2D eigenvalue weighted by Gasteiger charge is 2.63. The van der Waals surface area contributed by atoms with Crippen LogP contribution >= 0.6 is 0 Å². The smallest absolute Gasteiger partial charge is 0.172 e. The van der Waals surface area contributed by atoms with E-state index in [0.717, 1.165) is 57.0 Å². The molecule has 2 aliphatic heterocycles. The van der Waals surface area contributed by atoms with Crippen molar-refractivity contribution < 1.29 is 18.9 Å². The average Bonchev–Trinajstić information content (AvgIpc) is 3.42. The first-order valence-electron chi connectivity index (χ1n) is 12.1. The van der Waals surface area contributed by atoms with Gasteiger partial charge in [-0.05, 0) is 74.0 Å². The van der Waals surface area contributed by atoms with Crippen molar-refractivity contribution in [3.05, 3.63) is 11.6 Å². The minimum atomic E-state index is -0.357. The molecule has 4 unspecified atom stereocenters. The molecule has 6 atom stereocenters. The second kappa shape index (κ2) is 6.31. The fourth-order valence-corrected chi connectivity index (χ4v) is 8.94. The molecular formula is C25H38O4. The van der Waals surface area contributed by atoms with Crippen molar-refractivity contribution in [2.24, 2.45) is 34.5 Å². The zero-order chi connectivity index (χ0) is 19.9. The van der Waals surface area contributed by atoms with Crippen molar-refractivity contribution in [1.82, 2.24) is 0 Å². The van der Waals surface area contributed by atoms with Crippen molar-refractivity contribution in [1.29, 1.82) is 0 Å². The van der Waals surface area contributed by atoms with Gasteiger partial charge in [0.1, 0.15) is 0 Å². The molecule has 6 rings (SSSR count). The third-order valence-electron chi connectivity index (χ3n) is 10.4. The van der Waals surface area contributed by atoms with E-state index in [4.69, 9.17) is 18.9 Å². The standard InChI is InChI=1S/C25H38O4/c1-22-10-11-25(28-14-15-29-25)16-17(22)4-5-18-19-6-7-21(24(3)26-12-13-27-24)23(19,2)9-8-20(18)22/h4,18-21H,5-16H2,1-3H3/t18?,19?,20?,21?,22-,23-/m0/s1. The predicted octanol–water partition coefficient (Wildman–Crippen LogP) is 5.07. The maximum atomic E-state index is 6.17. The Morgan fingerprint density at radius 1 is 0.793 bits per heavy atom. The minimum absolute atomic E-state index is 0.300. The molecule has 3 saturated carbocycles. The van der Waals surface area contributed by atoms with Crippen LogP contribution in [0.2, 0.25) is 0 Å². The van der Waals surface area contributed by atoms with E-state index in [0.29, 0.717) is 16.7 Å². The quantitative estimate of drug-likeness (QED) is 0.574. The zero-order valence-electron chi connectivity index (χ0n) is 18.5. The molecule has 0 aromatic rings. The third-order valence-corrected chi connectivity index (χ3v) is 10.4. The molecule has 29 heavy (non-hydrogen) atoms. The van der Waals surface area contributed by atoms with Crippen LogP contribution in [0.3, 0.4) is 0 Å². The molecule has 0 amide bonds. The number of fused-ring (bicyclic) bond motifs is 5. The highest BCUT2D eigenvalue weighted by Crippen LogP contribution is 2.68. The number of hydrogen-bond acceptors (Lipinski definition) is 4. The van der Waals surface area contributed by atoms with E-state index < -0.39 is 0 Å². The Morgan fingerprint density at radius 3 is 2.28 bits per heavy atom. The molecule has 2 heterocycles. The van der Waals surface area contributed by atoms with Crippen molar-refractivity contribution in [3.8, 4) is 0 Å². The topological polar surface area (TPSA) is 36.9 Å². The van der Waals surface area contributed by atoms with E-state index in [1.165, 1.54) is 38.5 Å². The molecule has 4 nitrogen and oxygen atoms in total. The second-order valence-corrected chi connectivity index (χ2v) is 11.4. The van der Waals surface area contributed by atoms with Crippen LogP contribution in [0.5, 0.6) is 0 Å². The maximum Gasteiger partial charge on any atom is 0.172 e. The molecule has 0 aromatic heterocycles. The van der Waals surface area contributed by atoms with Crippen molar-refractivity contribution >= 4 is 0 Å². The van der Waals surface area contributed by atoms with E-state index in [2.05, 4.69) is 26.8 Å². The van der Waals surface area contributed by atoms with Gasteiger partial charge in [-0.3, -0.25) is 0 Å². The largest absolute Gasteiger partial charge is 0.348 e. The number of ether oxygens (including phenoxy) is 4. The molecule has 4 aliphatic carbocycles. The SMILES string of the molecule is CC1(C2CCC3C4CC=C5CC6(CC[C@]5(C)C4CC[C@@]32C)OCCO6)OCCO1. The third kappa shape index (κ3) is 2.58. The molecule has 5 fully saturated rings. The summed E-state index contributed by atoms with van der Waals surface area (Å²) in [7, 11) is 0. The van der Waals surface area contributed by atoms with Crippen LogP contribution < -0.4 is 0 Å². The van der Waals surface area contributed by atoms with Gasteiger partial charge < -0.3 is 18.9 Å². The molecule has 0 aromatic carbocycles. The van der Waals surface area contributed by atoms with Gasteiger partial charge in [-0.1, -0.05) is 25.5 Å². The fourth-order valence-electron chi connectivity index (χ4n) is 8.94. The van der Waals surface area contributed by atoms with Gasteiger partial charge in [0.25, 0.3) is 0 Å². The van der Waals surface area contributed by atoms with Gasteiger partial charge in [0.2, 0.25) is 0 Å². The molecule has 162 valence electrons. The van der Waals surface area contributed by atoms with Crippen molar-refractivity contribution in [2.45, 2.75) is 83.7 Å². The number of allylic oxidation sites excluding steroid dienone is 1. The lowest BCUT2D eigenvalue weighted by Crippen LogP contribution is -2.54. The Hall–Kier alpha value is -0.420. The summed E-state index contributed by atoms with van der Waals surface area (Å²) < 4.78 is 24.5. The Kier molecular flexibility index (Phi) is 4.19. The Balaban J connectivity index is 1.28. The van der Waals surface area contributed by atoms with Gasteiger partial charge in [-0.25, -0.2) is 0 Å². The van der Waals surface area contributed by atoms with E-state index in [-0.39, 0.29) is 11.6 Å². The van der Waals surface area contributed by atoms with Crippen LogP contribution in [0.4, 0.5) is 0 Å². The monoisotopic (exact) mass is 402 g/mol. The molecule has 0 N–H and O–H groups in total. The summed E-state index contributed by atoms with van der Waals surface area (Å²) in [6, 6.07) is 0.